The van der Waals surface area contributed by atoms with Gasteiger partial charge in [0.15, 0.2) is 0 Å². The third kappa shape index (κ3) is 2.92. The minimum Gasteiger partial charge on any atom is -0.399 e. The highest BCUT2D eigenvalue weighted by Crippen LogP contribution is 2.24. The van der Waals surface area contributed by atoms with Crippen molar-refractivity contribution in [1.29, 1.82) is 0 Å². The summed E-state index contributed by atoms with van der Waals surface area (Å²) < 4.78 is 0.884. The Morgan fingerprint density at radius 2 is 1.89 bits per heavy atom. The third-order valence-corrected chi connectivity index (χ3v) is 3.31. The van der Waals surface area contributed by atoms with Gasteiger partial charge in [-0.15, -0.1) is 0 Å². The van der Waals surface area contributed by atoms with Crippen molar-refractivity contribution in [3.05, 3.63) is 69.2 Å². The molecule has 92 valence electrons. The van der Waals surface area contributed by atoms with Crippen molar-refractivity contribution in [1.82, 2.24) is 0 Å². The molecule has 0 saturated heterocycles. The van der Waals surface area contributed by atoms with Gasteiger partial charge in [0, 0.05) is 20.6 Å². The second-order valence-corrected chi connectivity index (χ2v) is 4.90. The molecule has 0 unspecified atom stereocenters. The van der Waals surface area contributed by atoms with Crippen LogP contribution < -0.4 is 0 Å². The van der Waals surface area contributed by atoms with Crippen molar-refractivity contribution in [2.75, 3.05) is 7.11 Å². The van der Waals surface area contributed by atoms with E-state index in [0.717, 1.165) is 21.3 Å². The number of hydrogen-bond donors (Lipinski definition) is 0. The lowest BCUT2D eigenvalue weighted by molar-refractivity contribution is 0.214. The van der Waals surface area contributed by atoms with E-state index in [1.807, 2.05) is 48.5 Å². The Morgan fingerprint density at radius 1 is 1.17 bits per heavy atom. The van der Waals surface area contributed by atoms with Crippen LogP contribution in [0.25, 0.3) is 0 Å². The van der Waals surface area contributed by atoms with E-state index in [1.54, 1.807) is 0 Å². The Bertz CT molecular complexity index is 569. The molecule has 0 aliphatic rings. The maximum Gasteiger partial charge on any atom is 0.118 e. The summed E-state index contributed by atoms with van der Waals surface area (Å²) in [5.74, 6) is 0. The first-order valence-electron chi connectivity index (χ1n) is 5.34. The zero-order valence-corrected chi connectivity index (χ0v) is 12.1. The van der Waals surface area contributed by atoms with E-state index in [4.69, 9.17) is 16.4 Å². The van der Waals surface area contributed by atoms with Gasteiger partial charge < -0.3 is 4.84 Å². The monoisotopic (exact) mass is 323 g/mol. The highest BCUT2D eigenvalue weighted by atomic mass is 79.9. The fraction of sp³-hybridized carbons (Fsp3) is 0.0714. The normalized spacial score (nSPS) is 11.4. The van der Waals surface area contributed by atoms with Gasteiger partial charge in [0.1, 0.15) is 12.8 Å². The maximum atomic E-state index is 5.94. The van der Waals surface area contributed by atoms with Crippen molar-refractivity contribution in [3.63, 3.8) is 0 Å². The molecule has 2 rings (SSSR count). The van der Waals surface area contributed by atoms with Crippen LogP contribution in [0.5, 0.6) is 0 Å². The van der Waals surface area contributed by atoms with Gasteiger partial charge in [0.25, 0.3) is 0 Å². The predicted molar refractivity (Wildman–Crippen MR) is 78.2 cm³/mol. The number of hydrogen-bond acceptors (Lipinski definition) is 2. The first-order chi connectivity index (χ1) is 8.72. The van der Waals surface area contributed by atoms with Crippen LogP contribution in [0.1, 0.15) is 11.1 Å². The molecule has 0 atom stereocenters. The molecule has 0 amide bonds. The smallest absolute Gasteiger partial charge is 0.118 e. The zero-order chi connectivity index (χ0) is 13.0. The van der Waals surface area contributed by atoms with Crippen molar-refractivity contribution in [2.24, 2.45) is 5.16 Å². The average molecular weight is 325 g/mol. The van der Waals surface area contributed by atoms with Crippen LogP contribution in [-0.2, 0) is 4.84 Å². The first kappa shape index (κ1) is 13.1. The molecule has 4 heteroatoms. The SMILES string of the molecule is CO/N=C(/c1ccccc1)c1ccc(Cl)cc1Br. The Labute approximate surface area is 119 Å². The van der Waals surface area contributed by atoms with Gasteiger partial charge in [-0.25, -0.2) is 0 Å². The largest absolute Gasteiger partial charge is 0.399 e. The highest BCUT2D eigenvalue weighted by Gasteiger charge is 2.11. The molecular formula is C14H11BrClNO. The predicted octanol–water partition coefficient (Wildman–Crippen LogP) is 4.50. The molecule has 0 spiro atoms. The van der Waals surface area contributed by atoms with Crippen LogP contribution in [0, 0.1) is 0 Å². The lowest BCUT2D eigenvalue weighted by Gasteiger charge is -2.08. The van der Waals surface area contributed by atoms with Crippen molar-refractivity contribution in [2.45, 2.75) is 0 Å². The number of halogens is 2. The van der Waals surface area contributed by atoms with Crippen molar-refractivity contribution in [3.8, 4) is 0 Å². The molecule has 0 aromatic heterocycles. The molecular weight excluding hydrogens is 314 g/mol. The molecule has 18 heavy (non-hydrogen) atoms. The van der Waals surface area contributed by atoms with Gasteiger partial charge in [-0.1, -0.05) is 69.1 Å². The van der Waals surface area contributed by atoms with Gasteiger partial charge >= 0.3 is 0 Å². The highest BCUT2D eigenvalue weighted by molar-refractivity contribution is 9.10. The van der Waals surface area contributed by atoms with Crippen LogP contribution in [0.15, 0.2) is 58.2 Å². The number of nitrogens with zero attached hydrogens (tertiary/aromatic N) is 1. The standard InChI is InChI=1S/C14H11BrClNO/c1-18-17-14(10-5-3-2-4-6-10)12-8-7-11(16)9-13(12)15/h2-9H,1H3/b17-14-. The fourth-order valence-corrected chi connectivity index (χ4v) is 2.50. The second-order valence-electron chi connectivity index (χ2n) is 3.61. The van der Waals surface area contributed by atoms with Crippen molar-refractivity contribution < 1.29 is 4.84 Å². The molecule has 0 fully saturated rings. The molecule has 0 heterocycles. The molecule has 2 aromatic rings. The summed E-state index contributed by atoms with van der Waals surface area (Å²) >= 11 is 9.44. The van der Waals surface area contributed by atoms with E-state index in [2.05, 4.69) is 21.1 Å². The quantitative estimate of drug-likeness (QED) is 0.601. The molecule has 0 N–H and O–H groups in total. The molecule has 0 radical (unpaired) electrons. The third-order valence-electron chi connectivity index (χ3n) is 2.42. The van der Waals surface area contributed by atoms with E-state index >= 15 is 0 Å². The molecule has 2 nitrogen and oxygen atoms in total. The average Bonchev–Trinajstić information content (AvgIpc) is 2.38. The van der Waals surface area contributed by atoms with Gasteiger partial charge in [0.05, 0.1) is 0 Å². The summed E-state index contributed by atoms with van der Waals surface area (Å²) in [6.45, 7) is 0. The van der Waals surface area contributed by atoms with E-state index in [0.29, 0.717) is 5.02 Å². The van der Waals surface area contributed by atoms with Crippen LogP contribution >= 0.6 is 27.5 Å². The van der Waals surface area contributed by atoms with E-state index < -0.39 is 0 Å². The first-order valence-corrected chi connectivity index (χ1v) is 6.51. The van der Waals surface area contributed by atoms with Crippen molar-refractivity contribution >= 4 is 33.2 Å². The Hall–Kier alpha value is -1.32. The number of oxime groups is 1. The maximum absolute atomic E-state index is 5.94. The molecule has 0 aliphatic carbocycles. The van der Waals surface area contributed by atoms with Gasteiger partial charge in [-0.05, 0) is 12.1 Å². The summed E-state index contributed by atoms with van der Waals surface area (Å²) in [6.07, 6.45) is 0. The lowest BCUT2D eigenvalue weighted by Crippen LogP contribution is -2.04. The zero-order valence-electron chi connectivity index (χ0n) is 9.73. The number of rotatable bonds is 3. The van der Waals surface area contributed by atoms with Crippen LogP contribution in [0.3, 0.4) is 0 Å². The number of benzene rings is 2. The fourth-order valence-electron chi connectivity index (χ4n) is 1.63. The van der Waals surface area contributed by atoms with Gasteiger partial charge in [-0.2, -0.15) is 0 Å². The summed E-state index contributed by atoms with van der Waals surface area (Å²) in [7, 11) is 1.53. The Kier molecular flexibility index (Phi) is 4.39. The summed E-state index contributed by atoms with van der Waals surface area (Å²) in [4.78, 5) is 4.93. The molecule has 0 aliphatic heterocycles. The van der Waals surface area contributed by atoms with E-state index in [9.17, 15) is 0 Å². The molecule has 0 saturated carbocycles. The minimum absolute atomic E-state index is 0.676. The summed E-state index contributed by atoms with van der Waals surface area (Å²) in [5.41, 5.74) is 2.69. The Balaban J connectivity index is 2.53. The topological polar surface area (TPSA) is 21.6 Å². The van der Waals surface area contributed by atoms with Crippen LogP contribution in [0.4, 0.5) is 0 Å². The van der Waals surface area contributed by atoms with E-state index in [1.165, 1.54) is 7.11 Å². The van der Waals surface area contributed by atoms with Crippen LogP contribution in [0.2, 0.25) is 5.02 Å². The second kappa shape index (κ2) is 6.03. The molecule has 2 aromatic carbocycles. The van der Waals surface area contributed by atoms with Gasteiger partial charge in [0.2, 0.25) is 0 Å². The summed E-state index contributed by atoms with van der Waals surface area (Å²) in [6, 6.07) is 15.4. The lowest BCUT2D eigenvalue weighted by atomic mass is 10.0. The summed E-state index contributed by atoms with van der Waals surface area (Å²) in [5, 5.41) is 4.78. The van der Waals surface area contributed by atoms with Gasteiger partial charge in [-0.3, -0.25) is 0 Å². The Morgan fingerprint density at radius 3 is 2.50 bits per heavy atom. The minimum atomic E-state index is 0.676. The van der Waals surface area contributed by atoms with Crippen LogP contribution in [-0.4, -0.2) is 12.8 Å². The molecule has 0 bridgehead atoms. The van der Waals surface area contributed by atoms with E-state index in [-0.39, 0.29) is 0 Å².